The molecule has 0 saturated carbocycles. The van der Waals surface area contributed by atoms with Gasteiger partial charge < -0.3 is 4.74 Å². The zero-order valence-corrected chi connectivity index (χ0v) is 13.4. The van der Waals surface area contributed by atoms with E-state index in [0.717, 1.165) is 11.3 Å². The van der Waals surface area contributed by atoms with Crippen LogP contribution < -0.4 is 5.01 Å². The Bertz CT molecular complexity index is 837. The number of ether oxygens (including phenoxy) is 1. The molecule has 2 aromatic rings. The summed E-state index contributed by atoms with van der Waals surface area (Å²) in [6, 6.07) is 16.2. The number of anilines is 1. The number of para-hydroxylation sites is 1. The van der Waals surface area contributed by atoms with Gasteiger partial charge in [-0.1, -0.05) is 30.3 Å². The molecule has 0 N–H and O–H groups in total. The molecule has 3 rings (SSSR count). The minimum atomic E-state index is -0.390. The summed E-state index contributed by atoms with van der Waals surface area (Å²) in [6.07, 6.45) is 1.77. The Morgan fingerprint density at radius 1 is 1.08 bits per heavy atom. The number of carbonyl (C=O) groups excluding carboxylic acids is 2. The van der Waals surface area contributed by atoms with Crippen molar-refractivity contribution in [3.8, 4) is 0 Å². The number of hydrogen-bond acceptors (Lipinski definition) is 4. The third-order valence-electron chi connectivity index (χ3n) is 3.71. The van der Waals surface area contributed by atoms with Gasteiger partial charge >= 0.3 is 5.97 Å². The number of esters is 1. The lowest BCUT2D eigenvalue weighted by atomic mass is 10.1. The maximum Gasteiger partial charge on any atom is 0.337 e. The van der Waals surface area contributed by atoms with Crippen molar-refractivity contribution in [2.75, 3.05) is 12.1 Å². The lowest BCUT2D eigenvalue weighted by molar-refractivity contribution is -0.114. The number of methoxy groups -OCH3 is 1. The van der Waals surface area contributed by atoms with Gasteiger partial charge in [-0.2, -0.15) is 10.1 Å². The van der Waals surface area contributed by atoms with Gasteiger partial charge in [-0.05, 0) is 42.8 Å². The van der Waals surface area contributed by atoms with Gasteiger partial charge in [0.05, 0.1) is 29.6 Å². The molecule has 0 atom stereocenters. The monoisotopic (exact) mass is 320 g/mol. The van der Waals surface area contributed by atoms with Gasteiger partial charge in [0, 0.05) is 0 Å². The van der Waals surface area contributed by atoms with Crippen LogP contribution in [0.5, 0.6) is 0 Å². The average molecular weight is 320 g/mol. The van der Waals surface area contributed by atoms with Gasteiger partial charge in [-0.3, -0.25) is 4.79 Å². The Labute approximate surface area is 139 Å². The van der Waals surface area contributed by atoms with Crippen LogP contribution >= 0.6 is 0 Å². The second kappa shape index (κ2) is 6.50. The quantitative estimate of drug-likeness (QED) is 0.644. The number of benzene rings is 2. The molecular formula is C19H16N2O3. The number of amides is 1. The SMILES string of the molecule is COC(=O)c1ccc(C=C2C(=O)N(c3ccccc3)N=C2C)cc1. The van der Waals surface area contributed by atoms with Crippen molar-refractivity contribution in [2.24, 2.45) is 5.10 Å². The molecule has 0 unspecified atom stereocenters. The fourth-order valence-electron chi connectivity index (χ4n) is 2.43. The van der Waals surface area contributed by atoms with Gasteiger partial charge in [0.25, 0.3) is 5.91 Å². The third-order valence-corrected chi connectivity index (χ3v) is 3.71. The highest BCUT2D eigenvalue weighted by Crippen LogP contribution is 2.24. The number of rotatable bonds is 3. The van der Waals surface area contributed by atoms with Gasteiger partial charge in [0.15, 0.2) is 0 Å². The molecule has 0 fully saturated rings. The highest BCUT2D eigenvalue weighted by Gasteiger charge is 2.28. The Hall–Kier alpha value is -3.21. The maximum absolute atomic E-state index is 12.6. The van der Waals surface area contributed by atoms with Crippen molar-refractivity contribution in [2.45, 2.75) is 6.92 Å². The first-order valence-corrected chi connectivity index (χ1v) is 7.45. The van der Waals surface area contributed by atoms with E-state index >= 15 is 0 Å². The van der Waals surface area contributed by atoms with Gasteiger partial charge in [0.1, 0.15) is 0 Å². The first-order chi connectivity index (χ1) is 11.6. The van der Waals surface area contributed by atoms with E-state index in [2.05, 4.69) is 9.84 Å². The predicted molar refractivity (Wildman–Crippen MR) is 92.8 cm³/mol. The summed E-state index contributed by atoms with van der Waals surface area (Å²) in [7, 11) is 1.34. The molecule has 24 heavy (non-hydrogen) atoms. The Morgan fingerprint density at radius 2 is 1.75 bits per heavy atom. The van der Waals surface area contributed by atoms with E-state index in [-0.39, 0.29) is 11.9 Å². The summed E-state index contributed by atoms with van der Waals surface area (Å²) in [5, 5.41) is 5.73. The lowest BCUT2D eigenvalue weighted by Crippen LogP contribution is -2.21. The van der Waals surface area contributed by atoms with E-state index in [4.69, 9.17) is 0 Å². The minimum Gasteiger partial charge on any atom is -0.465 e. The van der Waals surface area contributed by atoms with Crippen LogP contribution in [0.3, 0.4) is 0 Å². The molecule has 1 amide bonds. The zero-order chi connectivity index (χ0) is 17.1. The van der Waals surface area contributed by atoms with Crippen molar-refractivity contribution in [1.82, 2.24) is 0 Å². The third kappa shape index (κ3) is 2.96. The Morgan fingerprint density at radius 3 is 2.38 bits per heavy atom. The molecule has 120 valence electrons. The molecule has 0 aliphatic carbocycles. The van der Waals surface area contributed by atoms with Crippen LogP contribution in [0, 0.1) is 0 Å². The molecule has 0 spiro atoms. The smallest absolute Gasteiger partial charge is 0.337 e. The zero-order valence-electron chi connectivity index (χ0n) is 13.4. The van der Waals surface area contributed by atoms with Gasteiger partial charge in [-0.25, -0.2) is 4.79 Å². The van der Waals surface area contributed by atoms with E-state index in [1.165, 1.54) is 12.1 Å². The standard InChI is InChI=1S/C19H16N2O3/c1-13-17(12-14-8-10-15(11-9-14)19(23)24-2)18(22)21(20-13)16-6-4-3-5-7-16/h3-12H,1-2H3. The lowest BCUT2D eigenvalue weighted by Gasteiger charge is -2.11. The Balaban J connectivity index is 1.87. The van der Waals surface area contributed by atoms with Crippen molar-refractivity contribution in [3.05, 3.63) is 71.3 Å². The fourth-order valence-corrected chi connectivity index (χ4v) is 2.43. The number of carbonyl (C=O) groups is 2. The molecule has 1 heterocycles. The minimum absolute atomic E-state index is 0.171. The first-order valence-electron chi connectivity index (χ1n) is 7.45. The van der Waals surface area contributed by atoms with Crippen LogP contribution in [0.4, 0.5) is 5.69 Å². The summed E-state index contributed by atoms with van der Waals surface area (Å²) in [5.74, 6) is -0.560. The Kier molecular flexibility index (Phi) is 4.24. The summed E-state index contributed by atoms with van der Waals surface area (Å²) in [6.45, 7) is 1.80. The van der Waals surface area contributed by atoms with E-state index in [9.17, 15) is 9.59 Å². The average Bonchev–Trinajstić information content (AvgIpc) is 2.90. The largest absolute Gasteiger partial charge is 0.465 e. The summed E-state index contributed by atoms with van der Waals surface area (Å²) < 4.78 is 4.67. The summed E-state index contributed by atoms with van der Waals surface area (Å²) in [4.78, 5) is 24.1. The fraction of sp³-hybridized carbons (Fsp3) is 0.105. The molecule has 0 aromatic heterocycles. The van der Waals surface area contributed by atoms with E-state index < -0.39 is 0 Å². The molecule has 0 radical (unpaired) electrons. The van der Waals surface area contributed by atoms with Crippen molar-refractivity contribution in [3.63, 3.8) is 0 Å². The molecule has 5 nitrogen and oxygen atoms in total. The van der Waals surface area contributed by atoms with Crippen molar-refractivity contribution in [1.29, 1.82) is 0 Å². The number of hydrogen-bond donors (Lipinski definition) is 0. The molecule has 0 bridgehead atoms. The van der Waals surface area contributed by atoms with Crippen molar-refractivity contribution < 1.29 is 14.3 Å². The summed E-state index contributed by atoms with van der Waals surface area (Å²) in [5.41, 5.74) is 3.20. The number of nitrogens with zero attached hydrogens (tertiary/aromatic N) is 2. The maximum atomic E-state index is 12.6. The van der Waals surface area contributed by atoms with Crippen LogP contribution in [-0.2, 0) is 9.53 Å². The van der Waals surface area contributed by atoms with Crippen LogP contribution in [0.2, 0.25) is 0 Å². The molecular weight excluding hydrogens is 304 g/mol. The second-order valence-corrected chi connectivity index (χ2v) is 5.31. The normalized spacial score (nSPS) is 15.6. The highest BCUT2D eigenvalue weighted by molar-refractivity contribution is 6.32. The van der Waals surface area contributed by atoms with Crippen LogP contribution in [0.25, 0.3) is 6.08 Å². The molecule has 1 aliphatic rings. The predicted octanol–water partition coefficient (Wildman–Crippen LogP) is 3.28. The van der Waals surface area contributed by atoms with E-state index in [0.29, 0.717) is 16.8 Å². The van der Waals surface area contributed by atoms with Crippen LogP contribution in [-0.4, -0.2) is 24.7 Å². The highest BCUT2D eigenvalue weighted by atomic mass is 16.5. The van der Waals surface area contributed by atoms with Gasteiger partial charge in [0.2, 0.25) is 0 Å². The van der Waals surface area contributed by atoms with Gasteiger partial charge in [-0.15, -0.1) is 0 Å². The number of hydrazone groups is 1. The molecule has 5 heteroatoms. The molecule has 1 aliphatic heterocycles. The van der Waals surface area contributed by atoms with Crippen molar-refractivity contribution >= 4 is 29.4 Å². The second-order valence-electron chi connectivity index (χ2n) is 5.31. The topological polar surface area (TPSA) is 59.0 Å². The van der Waals surface area contributed by atoms with E-state index in [1.54, 1.807) is 37.3 Å². The molecule has 0 saturated heterocycles. The van der Waals surface area contributed by atoms with Crippen LogP contribution in [0.15, 0.2) is 65.3 Å². The van der Waals surface area contributed by atoms with Crippen LogP contribution in [0.1, 0.15) is 22.8 Å². The molecule has 2 aromatic carbocycles. The van der Waals surface area contributed by atoms with E-state index in [1.807, 2.05) is 30.3 Å². The first kappa shape index (κ1) is 15.7. The summed E-state index contributed by atoms with van der Waals surface area (Å²) >= 11 is 0.